The highest BCUT2D eigenvalue weighted by atomic mass is 16.3. The SMILES string of the molecule is NC1CC(Nc2ccccc2CO)c2ccccc21. The van der Waals surface area contributed by atoms with Crippen LogP contribution in [0.2, 0.25) is 0 Å². The summed E-state index contributed by atoms with van der Waals surface area (Å²) in [5.74, 6) is 0. The Morgan fingerprint density at radius 2 is 1.74 bits per heavy atom. The van der Waals surface area contributed by atoms with Gasteiger partial charge < -0.3 is 16.2 Å². The van der Waals surface area contributed by atoms with Gasteiger partial charge in [0.1, 0.15) is 0 Å². The van der Waals surface area contributed by atoms with Crippen molar-refractivity contribution in [2.24, 2.45) is 5.73 Å². The van der Waals surface area contributed by atoms with Gasteiger partial charge in [-0.3, -0.25) is 0 Å². The topological polar surface area (TPSA) is 58.3 Å². The molecule has 4 N–H and O–H groups in total. The van der Waals surface area contributed by atoms with E-state index >= 15 is 0 Å². The number of anilines is 1. The summed E-state index contributed by atoms with van der Waals surface area (Å²) in [7, 11) is 0. The zero-order chi connectivity index (χ0) is 13.2. The molecule has 0 aromatic heterocycles. The van der Waals surface area contributed by atoms with Gasteiger partial charge in [0.15, 0.2) is 0 Å². The van der Waals surface area contributed by atoms with Crippen LogP contribution >= 0.6 is 0 Å². The average molecular weight is 254 g/mol. The fraction of sp³-hybridized carbons (Fsp3) is 0.250. The maximum Gasteiger partial charge on any atom is 0.0701 e. The van der Waals surface area contributed by atoms with E-state index in [9.17, 15) is 5.11 Å². The third kappa shape index (κ3) is 2.23. The van der Waals surface area contributed by atoms with Crippen molar-refractivity contribution in [2.75, 3.05) is 5.32 Å². The number of fused-ring (bicyclic) bond motifs is 1. The number of hydrogen-bond acceptors (Lipinski definition) is 3. The van der Waals surface area contributed by atoms with Crippen LogP contribution in [0.3, 0.4) is 0 Å². The Hall–Kier alpha value is -1.84. The van der Waals surface area contributed by atoms with Gasteiger partial charge in [-0.2, -0.15) is 0 Å². The highest BCUT2D eigenvalue weighted by Crippen LogP contribution is 2.39. The van der Waals surface area contributed by atoms with E-state index in [4.69, 9.17) is 5.73 Å². The van der Waals surface area contributed by atoms with E-state index in [1.807, 2.05) is 36.4 Å². The van der Waals surface area contributed by atoms with Crippen LogP contribution < -0.4 is 11.1 Å². The molecule has 2 aromatic carbocycles. The molecule has 1 aliphatic rings. The van der Waals surface area contributed by atoms with Gasteiger partial charge in [-0.25, -0.2) is 0 Å². The smallest absolute Gasteiger partial charge is 0.0701 e. The summed E-state index contributed by atoms with van der Waals surface area (Å²) in [4.78, 5) is 0. The predicted molar refractivity (Wildman–Crippen MR) is 76.7 cm³/mol. The van der Waals surface area contributed by atoms with Crippen LogP contribution in [0.5, 0.6) is 0 Å². The molecule has 3 rings (SSSR count). The summed E-state index contributed by atoms with van der Waals surface area (Å²) in [5, 5.41) is 12.9. The molecule has 3 nitrogen and oxygen atoms in total. The molecule has 3 heteroatoms. The van der Waals surface area contributed by atoms with Gasteiger partial charge in [-0.1, -0.05) is 42.5 Å². The van der Waals surface area contributed by atoms with E-state index in [2.05, 4.69) is 17.4 Å². The first-order valence-corrected chi connectivity index (χ1v) is 6.59. The van der Waals surface area contributed by atoms with Crippen molar-refractivity contribution < 1.29 is 5.11 Å². The molecule has 2 atom stereocenters. The van der Waals surface area contributed by atoms with E-state index in [0.717, 1.165) is 17.7 Å². The Morgan fingerprint density at radius 3 is 2.53 bits per heavy atom. The molecular weight excluding hydrogens is 236 g/mol. The summed E-state index contributed by atoms with van der Waals surface area (Å²) >= 11 is 0. The van der Waals surface area contributed by atoms with Crippen molar-refractivity contribution in [3.63, 3.8) is 0 Å². The fourth-order valence-electron chi connectivity index (χ4n) is 2.80. The Labute approximate surface area is 113 Å². The van der Waals surface area contributed by atoms with Gasteiger partial charge in [0.25, 0.3) is 0 Å². The molecule has 0 spiro atoms. The number of rotatable bonds is 3. The Bertz CT molecular complexity index is 582. The molecule has 0 bridgehead atoms. The second kappa shape index (κ2) is 5.03. The van der Waals surface area contributed by atoms with Crippen molar-refractivity contribution in [3.8, 4) is 0 Å². The quantitative estimate of drug-likeness (QED) is 0.789. The van der Waals surface area contributed by atoms with Crippen molar-refractivity contribution in [2.45, 2.75) is 25.1 Å². The lowest BCUT2D eigenvalue weighted by molar-refractivity contribution is 0.282. The normalized spacial score (nSPS) is 21.2. The summed E-state index contributed by atoms with van der Waals surface area (Å²) < 4.78 is 0. The van der Waals surface area contributed by atoms with Gasteiger partial charge >= 0.3 is 0 Å². The molecule has 2 aromatic rings. The van der Waals surface area contributed by atoms with Gasteiger partial charge in [0.05, 0.1) is 12.6 Å². The van der Waals surface area contributed by atoms with Gasteiger partial charge in [-0.15, -0.1) is 0 Å². The molecule has 0 saturated carbocycles. The van der Waals surface area contributed by atoms with Crippen LogP contribution in [0, 0.1) is 0 Å². The first-order valence-electron chi connectivity index (χ1n) is 6.59. The number of nitrogens with two attached hydrogens (primary N) is 1. The summed E-state index contributed by atoms with van der Waals surface area (Å²) in [6.45, 7) is 0.0452. The van der Waals surface area contributed by atoms with E-state index in [1.165, 1.54) is 11.1 Å². The van der Waals surface area contributed by atoms with Crippen molar-refractivity contribution in [1.82, 2.24) is 0 Å². The Kier molecular flexibility index (Phi) is 3.23. The largest absolute Gasteiger partial charge is 0.392 e. The minimum atomic E-state index is 0.0452. The molecule has 98 valence electrons. The number of benzene rings is 2. The monoisotopic (exact) mass is 254 g/mol. The van der Waals surface area contributed by atoms with Crippen LogP contribution in [-0.4, -0.2) is 5.11 Å². The lowest BCUT2D eigenvalue weighted by Crippen LogP contribution is -2.11. The fourth-order valence-corrected chi connectivity index (χ4v) is 2.80. The van der Waals surface area contributed by atoms with E-state index in [0.29, 0.717) is 0 Å². The zero-order valence-corrected chi connectivity index (χ0v) is 10.7. The molecule has 0 saturated heterocycles. The van der Waals surface area contributed by atoms with Crippen LogP contribution in [-0.2, 0) is 6.61 Å². The van der Waals surface area contributed by atoms with Crippen LogP contribution in [0.1, 0.15) is 35.2 Å². The summed E-state index contributed by atoms with van der Waals surface area (Å²) in [5.41, 5.74) is 10.6. The van der Waals surface area contributed by atoms with Crippen molar-refractivity contribution in [1.29, 1.82) is 0 Å². The van der Waals surface area contributed by atoms with Crippen molar-refractivity contribution in [3.05, 3.63) is 65.2 Å². The second-order valence-corrected chi connectivity index (χ2v) is 4.98. The summed E-state index contributed by atoms with van der Waals surface area (Å²) in [6, 6.07) is 16.5. The van der Waals surface area contributed by atoms with Crippen molar-refractivity contribution >= 4 is 5.69 Å². The molecule has 2 unspecified atom stereocenters. The third-order valence-electron chi connectivity index (χ3n) is 3.78. The standard InChI is InChI=1S/C16H18N2O/c17-14-9-16(13-7-3-2-6-12(13)14)18-15-8-4-1-5-11(15)10-19/h1-8,14,16,18-19H,9-10,17H2. The first kappa shape index (κ1) is 12.2. The van der Waals surface area contributed by atoms with Crippen LogP contribution in [0.25, 0.3) is 0 Å². The molecule has 0 fully saturated rings. The van der Waals surface area contributed by atoms with Gasteiger partial charge in [0.2, 0.25) is 0 Å². The number of para-hydroxylation sites is 1. The Morgan fingerprint density at radius 1 is 1.05 bits per heavy atom. The van der Waals surface area contributed by atoms with Gasteiger partial charge in [0, 0.05) is 17.3 Å². The minimum absolute atomic E-state index is 0.0452. The van der Waals surface area contributed by atoms with E-state index in [-0.39, 0.29) is 18.7 Å². The molecule has 0 aliphatic heterocycles. The number of aliphatic hydroxyl groups is 1. The highest BCUT2D eigenvalue weighted by molar-refractivity contribution is 5.54. The predicted octanol–water partition coefficient (Wildman–Crippen LogP) is 2.74. The minimum Gasteiger partial charge on any atom is -0.392 e. The molecular formula is C16H18N2O. The lowest BCUT2D eigenvalue weighted by Gasteiger charge is -2.17. The average Bonchev–Trinajstić information content (AvgIpc) is 2.77. The molecule has 1 aliphatic carbocycles. The van der Waals surface area contributed by atoms with Crippen LogP contribution in [0.15, 0.2) is 48.5 Å². The van der Waals surface area contributed by atoms with Crippen LogP contribution in [0.4, 0.5) is 5.69 Å². The summed E-state index contributed by atoms with van der Waals surface area (Å²) in [6.07, 6.45) is 0.888. The molecule has 19 heavy (non-hydrogen) atoms. The van der Waals surface area contributed by atoms with E-state index in [1.54, 1.807) is 0 Å². The third-order valence-corrected chi connectivity index (χ3v) is 3.78. The molecule has 0 heterocycles. The number of hydrogen-bond donors (Lipinski definition) is 3. The highest BCUT2D eigenvalue weighted by Gasteiger charge is 2.28. The molecule has 0 radical (unpaired) electrons. The zero-order valence-electron chi connectivity index (χ0n) is 10.7. The lowest BCUT2D eigenvalue weighted by atomic mass is 10.1. The Balaban J connectivity index is 1.89. The maximum absolute atomic E-state index is 9.37. The second-order valence-electron chi connectivity index (χ2n) is 4.98. The van der Waals surface area contributed by atoms with E-state index < -0.39 is 0 Å². The number of nitrogens with one attached hydrogen (secondary N) is 1. The molecule has 0 amide bonds. The number of aliphatic hydroxyl groups excluding tert-OH is 1. The first-order chi connectivity index (χ1) is 9.29. The van der Waals surface area contributed by atoms with Gasteiger partial charge in [-0.05, 0) is 23.6 Å². The maximum atomic E-state index is 9.37.